The lowest BCUT2D eigenvalue weighted by atomic mass is 10.0. The summed E-state index contributed by atoms with van der Waals surface area (Å²) in [6.07, 6.45) is 8.27. The quantitative estimate of drug-likeness (QED) is 0.691. The first-order valence-electron chi connectivity index (χ1n) is 6.00. The smallest absolute Gasteiger partial charge is 0.105 e. The Morgan fingerprint density at radius 1 is 1.33 bits per heavy atom. The minimum atomic E-state index is 0.459. The topological polar surface area (TPSA) is 25.2 Å². The molecule has 0 bridgehead atoms. The second-order valence-corrected chi connectivity index (χ2v) is 4.12. The molecular formula is C13H23NO. The van der Waals surface area contributed by atoms with Gasteiger partial charge in [-0.25, -0.2) is 0 Å². The van der Waals surface area contributed by atoms with Crippen molar-refractivity contribution in [1.29, 1.82) is 0 Å². The normalized spacial score (nSPS) is 13.0. The Kier molecular flexibility index (Phi) is 5.48. The van der Waals surface area contributed by atoms with Crippen molar-refractivity contribution in [2.45, 2.75) is 52.0 Å². The Hall–Kier alpha value is -0.760. The lowest BCUT2D eigenvalue weighted by molar-refractivity contribution is 0.481. The van der Waals surface area contributed by atoms with Crippen molar-refractivity contribution in [3.63, 3.8) is 0 Å². The van der Waals surface area contributed by atoms with Gasteiger partial charge in [0.05, 0.1) is 6.26 Å². The Morgan fingerprint density at radius 2 is 2.13 bits per heavy atom. The molecule has 86 valence electrons. The summed E-state index contributed by atoms with van der Waals surface area (Å²) in [5.41, 5.74) is 1.31. The van der Waals surface area contributed by atoms with Gasteiger partial charge in [0.2, 0.25) is 0 Å². The number of unbranched alkanes of at least 4 members (excludes halogenated alkanes) is 3. The van der Waals surface area contributed by atoms with Crippen LogP contribution in [0.25, 0.3) is 0 Å². The maximum absolute atomic E-state index is 5.33. The monoisotopic (exact) mass is 209 g/mol. The van der Waals surface area contributed by atoms with Crippen molar-refractivity contribution in [2.75, 3.05) is 7.05 Å². The maximum atomic E-state index is 5.33. The number of hydrogen-bond donors (Lipinski definition) is 1. The third-order valence-electron chi connectivity index (χ3n) is 2.97. The van der Waals surface area contributed by atoms with Crippen molar-refractivity contribution in [2.24, 2.45) is 0 Å². The SMILES string of the molecule is CCCCCCC(NC)c1ccoc1C. The molecule has 2 nitrogen and oxygen atoms in total. The van der Waals surface area contributed by atoms with E-state index in [1.54, 1.807) is 6.26 Å². The second-order valence-electron chi connectivity index (χ2n) is 4.12. The van der Waals surface area contributed by atoms with E-state index in [0.717, 1.165) is 5.76 Å². The highest BCUT2D eigenvalue weighted by atomic mass is 16.3. The van der Waals surface area contributed by atoms with E-state index in [0.29, 0.717) is 6.04 Å². The average Bonchev–Trinajstić information content (AvgIpc) is 2.65. The highest BCUT2D eigenvalue weighted by Crippen LogP contribution is 2.23. The van der Waals surface area contributed by atoms with Crippen LogP contribution in [0.3, 0.4) is 0 Å². The first-order chi connectivity index (χ1) is 7.29. The van der Waals surface area contributed by atoms with Crippen molar-refractivity contribution in [3.05, 3.63) is 23.7 Å². The zero-order valence-corrected chi connectivity index (χ0v) is 10.2. The van der Waals surface area contributed by atoms with E-state index in [1.807, 2.05) is 14.0 Å². The van der Waals surface area contributed by atoms with E-state index in [4.69, 9.17) is 4.42 Å². The molecule has 0 aromatic carbocycles. The van der Waals surface area contributed by atoms with E-state index in [-0.39, 0.29) is 0 Å². The fourth-order valence-corrected chi connectivity index (χ4v) is 1.99. The van der Waals surface area contributed by atoms with Crippen molar-refractivity contribution < 1.29 is 4.42 Å². The molecule has 1 unspecified atom stereocenters. The van der Waals surface area contributed by atoms with Crippen molar-refractivity contribution in [1.82, 2.24) is 5.32 Å². The minimum Gasteiger partial charge on any atom is -0.469 e. The van der Waals surface area contributed by atoms with Gasteiger partial charge in [0, 0.05) is 11.6 Å². The molecule has 15 heavy (non-hydrogen) atoms. The van der Waals surface area contributed by atoms with Crippen LogP contribution in [0.5, 0.6) is 0 Å². The fourth-order valence-electron chi connectivity index (χ4n) is 1.99. The molecule has 1 N–H and O–H groups in total. The maximum Gasteiger partial charge on any atom is 0.105 e. The Labute approximate surface area is 93.1 Å². The number of rotatable bonds is 7. The summed E-state index contributed by atoms with van der Waals surface area (Å²) in [7, 11) is 2.02. The molecule has 0 aliphatic heterocycles. The Balaban J connectivity index is 2.39. The van der Waals surface area contributed by atoms with E-state index < -0.39 is 0 Å². The Morgan fingerprint density at radius 3 is 2.67 bits per heavy atom. The summed E-state index contributed by atoms with van der Waals surface area (Å²) in [6.45, 7) is 4.28. The molecule has 1 aromatic rings. The van der Waals surface area contributed by atoms with Gasteiger partial charge in [0.15, 0.2) is 0 Å². The van der Waals surface area contributed by atoms with E-state index in [2.05, 4.69) is 18.3 Å². The first kappa shape index (κ1) is 12.3. The molecule has 1 aromatic heterocycles. The van der Waals surface area contributed by atoms with Gasteiger partial charge in [-0.1, -0.05) is 32.6 Å². The predicted molar refractivity (Wildman–Crippen MR) is 64.0 cm³/mol. The number of hydrogen-bond acceptors (Lipinski definition) is 2. The highest BCUT2D eigenvalue weighted by Gasteiger charge is 2.12. The van der Waals surface area contributed by atoms with Crippen LogP contribution in [0.15, 0.2) is 16.7 Å². The lowest BCUT2D eigenvalue weighted by Gasteiger charge is -2.15. The average molecular weight is 209 g/mol. The molecule has 1 heterocycles. The molecule has 0 fully saturated rings. The summed E-state index contributed by atoms with van der Waals surface area (Å²) < 4.78 is 5.33. The summed E-state index contributed by atoms with van der Waals surface area (Å²) >= 11 is 0. The summed E-state index contributed by atoms with van der Waals surface area (Å²) in [6, 6.07) is 2.54. The van der Waals surface area contributed by atoms with Crippen LogP contribution in [0, 0.1) is 6.92 Å². The molecule has 0 saturated carbocycles. The van der Waals surface area contributed by atoms with Gasteiger partial charge < -0.3 is 9.73 Å². The van der Waals surface area contributed by atoms with Gasteiger partial charge in [-0.05, 0) is 26.5 Å². The van der Waals surface area contributed by atoms with Crippen LogP contribution < -0.4 is 5.32 Å². The number of nitrogens with one attached hydrogen (secondary N) is 1. The summed E-state index contributed by atoms with van der Waals surface area (Å²) in [5.74, 6) is 1.05. The molecule has 0 spiro atoms. The van der Waals surface area contributed by atoms with Gasteiger partial charge in [-0.15, -0.1) is 0 Å². The molecule has 2 heteroatoms. The highest BCUT2D eigenvalue weighted by molar-refractivity contribution is 5.19. The van der Waals surface area contributed by atoms with Gasteiger partial charge in [0.25, 0.3) is 0 Å². The van der Waals surface area contributed by atoms with Gasteiger partial charge in [-0.3, -0.25) is 0 Å². The molecule has 1 atom stereocenters. The molecule has 0 aliphatic rings. The zero-order chi connectivity index (χ0) is 11.1. The molecule has 0 saturated heterocycles. The van der Waals surface area contributed by atoms with Crippen LogP contribution >= 0.6 is 0 Å². The summed E-state index contributed by atoms with van der Waals surface area (Å²) in [4.78, 5) is 0. The molecule has 0 amide bonds. The first-order valence-corrected chi connectivity index (χ1v) is 6.00. The summed E-state index contributed by atoms with van der Waals surface area (Å²) in [5, 5.41) is 3.36. The molecule has 0 radical (unpaired) electrons. The van der Waals surface area contributed by atoms with Gasteiger partial charge in [-0.2, -0.15) is 0 Å². The van der Waals surface area contributed by atoms with E-state index in [1.165, 1.54) is 37.7 Å². The van der Waals surface area contributed by atoms with Crippen LogP contribution in [-0.2, 0) is 0 Å². The van der Waals surface area contributed by atoms with Crippen molar-refractivity contribution in [3.8, 4) is 0 Å². The number of aryl methyl sites for hydroxylation is 1. The molecular weight excluding hydrogens is 186 g/mol. The third kappa shape index (κ3) is 3.71. The van der Waals surface area contributed by atoms with Crippen LogP contribution in [0.1, 0.15) is 56.4 Å². The Bertz CT molecular complexity index is 267. The fraction of sp³-hybridized carbons (Fsp3) is 0.692. The van der Waals surface area contributed by atoms with Gasteiger partial charge in [0.1, 0.15) is 5.76 Å². The zero-order valence-electron chi connectivity index (χ0n) is 10.2. The third-order valence-corrected chi connectivity index (χ3v) is 2.97. The van der Waals surface area contributed by atoms with Crippen LogP contribution in [-0.4, -0.2) is 7.05 Å². The van der Waals surface area contributed by atoms with E-state index >= 15 is 0 Å². The molecule has 0 aliphatic carbocycles. The minimum absolute atomic E-state index is 0.459. The van der Waals surface area contributed by atoms with Crippen molar-refractivity contribution >= 4 is 0 Å². The van der Waals surface area contributed by atoms with Gasteiger partial charge >= 0.3 is 0 Å². The molecule has 1 rings (SSSR count). The second kappa shape index (κ2) is 6.67. The van der Waals surface area contributed by atoms with E-state index in [9.17, 15) is 0 Å². The largest absolute Gasteiger partial charge is 0.469 e. The lowest BCUT2D eigenvalue weighted by Crippen LogP contribution is -2.16. The predicted octanol–water partition coefficient (Wildman–Crippen LogP) is 3.82. The standard InChI is InChI=1S/C13H23NO/c1-4-5-6-7-8-13(14-3)12-9-10-15-11(12)2/h9-10,13-14H,4-8H2,1-3H3. The number of furan rings is 1. The van der Waals surface area contributed by atoms with Crippen LogP contribution in [0.2, 0.25) is 0 Å². The van der Waals surface area contributed by atoms with Crippen LogP contribution in [0.4, 0.5) is 0 Å².